The molecule has 2 heterocycles. The molecule has 122 valence electrons. The second-order valence-electron chi connectivity index (χ2n) is 5.23. The highest BCUT2D eigenvalue weighted by Crippen LogP contribution is 2.34. The smallest absolute Gasteiger partial charge is 0.346 e. The van der Waals surface area contributed by atoms with Crippen LogP contribution in [0.15, 0.2) is 36.7 Å². The van der Waals surface area contributed by atoms with E-state index in [4.69, 9.17) is 0 Å². The van der Waals surface area contributed by atoms with Gasteiger partial charge in [-0.3, -0.25) is 9.78 Å². The van der Waals surface area contributed by atoms with Crippen LogP contribution in [0.1, 0.15) is 31.2 Å². The van der Waals surface area contributed by atoms with E-state index in [0.717, 1.165) is 23.0 Å². The van der Waals surface area contributed by atoms with Crippen molar-refractivity contribution in [2.75, 3.05) is 0 Å². The number of aromatic nitrogens is 1. The van der Waals surface area contributed by atoms with Crippen molar-refractivity contribution in [2.24, 2.45) is 0 Å². The van der Waals surface area contributed by atoms with Gasteiger partial charge in [0.1, 0.15) is 10.7 Å². The minimum atomic E-state index is -1.09. The minimum absolute atomic E-state index is 0.108. The maximum absolute atomic E-state index is 13.8. The largest absolute Gasteiger partial charge is 0.477 e. The third kappa shape index (κ3) is 2.98. The number of carboxylic acid groups (broad SMARTS) is 1. The fourth-order valence-electron chi connectivity index (χ4n) is 2.51. The van der Waals surface area contributed by atoms with E-state index in [1.54, 1.807) is 25.4 Å². The molecule has 2 N–H and O–H groups in total. The molecule has 0 saturated heterocycles. The number of aromatic carboxylic acids is 1. The third-order valence-corrected chi connectivity index (χ3v) is 4.84. The first-order chi connectivity index (χ1) is 11.5. The van der Waals surface area contributed by atoms with Gasteiger partial charge in [0.05, 0.1) is 5.56 Å². The fraction of sp³-hybridized carbons (Fsp3) is 0.118. The van der Waals surface area contributed by atoms with Crippen LogP contribution in [0.4, 0.5) is 4.39 Å². The third-order valence-electron chi connectivity index (χ3n) is 3.61. The summed E-state index contributed by atoms with van der Waals surface area (Å²) in [5, 5.41) is 12.4. The predicted molar refractivity (Wildman–Crippen MR) is 88.9 cm³/mol. The molecular weight excluding hydrogens is 331 g/mol. The maximum Gasteiger partial charge on any atom is 0.346 e. The second-order valence-corrected chi connectivity index (χ2v) is 6.28. The van der Waals surface area contributed by atoms with Gasteiger partial charge in [-0.05, 0) is 36.2 Å². The van der Waals surface area contributed by atoms with E-state index >= 15 is 0 Å². The van der Waals surface area contributed by atoms with E-state index in [1.165, 1.54) is 6.07 Å². The molecule has 0 bridgehead atoms. The molecule has 0 aliphatic rings. The maximum atomic E-state index is 13.8. The summed E-state index contributed by atoms with van der Waals surface area (Å²) in [7, 11) is 0. The number of halogens is 1. The average molecular weight is 344 g/mol. The number of thiophene rings is 1. The molecule has 0 atom stereocenters. The number of carboxylic acids is 1. The fourth-order valence-corrected chi connectivity index (χ4v) is 3.61. The van der Waals surface area contributed by atoms with Crippen LogP contribution in [-0.4, -0.2) is 22.0 Å². The van der Waals surface area contributed by atoms with Crippen LogP contribution in [0.3, 0.4) is 0 Å². The first-order valence-electron chi connectivity index (χ1n) is 7.10. The molecule has 5 nitrogen and oxygen atoms in total. The first-order valence-corrected chi connectivity index (χ1v) is 7.92. The molecule has 3 rings (SSSR count). The Morgan fingerprint density at radius 3 is 2.83 bits per heavy atom. The molecule has 0 unspecified atom stereocenters. The summed E-state index contributed by atoms with van der Waals surface area (Å²) in [6.45, 7) is 1.87. The van der Waals surface area contributed by atoms with E-state index < -0.39 is 17.7 Å². The zero-order valence-electron chi connectivity index (χ0n) is 12.7. The Balaban J connectivity index is 1.98. The summed E-state index contributed by atoms with van der Waals surface area (Å²) in [5.41, 5.74) is 1.41. The van der Waals surface area contributed by atoms with Gasteiger partial charge in [0.15, 0.2) is 0 Å². The minimum Gasteiger partial charge on any atom is -0.477 e. The van der Waals surface area contributed by atoms with E-state index in [-0.39, 0.29) is 17.0 Å². The summed E-state index contributed by atoms with van der Waals surface area (Å²) >= 11 is 0.963. The first kappa shape index (κ1) is 16.1. The molecular formula is C17H13FN2O3S. The molecule has 1 aromatic carbocycles. The molecule has 0 saturated carbocycles. The predicted octanol–water partition coefficient (Wildman–Crippen LogP) is 3.37. The Kier molecular flexibility index (Phi) is 4.26. The molecule has 0 radical (unpaired) electrons. The molecule has 7 heteroatoms. The van der Waals surface area contributed by atoms with E-state index in [1.807, 2.05) is 6.07 Å². The van der Waals surface area contributed by atoms with Crippen LogP contribution in [0, 0.1) is 12.7 Å². The summed E-state index contributed by atoms with van der Waals surface area (Å²) < 4.78 is 14.3. The van der Waals surface area contributed by atoms with Gasteiger partial charge in [-0.25, -0.2) is 9.18 Å². The highest BCUT2D eigenvalue weighted by atomic mass is 32.1. The quantitative estimate of drug-likeness (QED) is 0.760. The van der Waals surface area contributed by atoms with Crippen molar-refractivity contribution in [1.29, 1.82) is 0 Å². The van der Waals surface area contributed by atoms with Crippen molar-refractivity contribution >= 4 is 33.3 Å². The number of nitrogens with zero attached hydrogens (tertiary/aromatic N) is 1. The van der Waals surface area contributed by atoms with Crippen molar-refractivity contribution in [1.82, 2.24) is 10.3 Å². The van der Waals surface area contributed by atoms with Gasteiger partial charge in [-0.1, -0.05) is 6.07 Å². The zero-order valence-corrected chi connectivity index (χ0v) is 13.5. The van der Waals surface area contributed by atoms with Crippen LogP contribution >= 0.6 is 11.3 Å². The number of carbonyl (C=O) groups is 2. The van der Waals surface area contributed by atoms with Crippen LogP contribution in [0.2, 0.25) is 0 Å². The number of hydrogen-bond acceptors (Lipinski definition) is 4. The van der Waals surface area contributed by atoms with Gasteiger partial charge in [-0.15, -0.1) is 11.3 Å². The molecule has 0 aliphatic carbocycles. The molecule has 2 aromatic heterocycles. The topological polar surface area (TPSA) is 79.3 Å². The molecule has 24 heavy (non-hydrogen) atoms. The number of aryl methyl sites for hydroxylation is 1. The van der Waals surface area contributed by atoms with Crippen molar-refractivity contribution in [2.45, 2.75) is 13.5 Å². The van der Waals surface area contributed by atoms with Crippen LogP contribution in [0.25, 0.3) is 10.1 Å². The van der Waals surface area contributed by atoms with Crippen molar-refractivity contribution < 1.29 is 19.1 Å². The summed E-state index contributed by atoms with van der Waals surface area (Å²) in [4.78, 5) is 27.8. The number of pyridine rings is 1. The Morgan fingerprint density at radius 1 is 1.38 bits per heavy atom. The normalized spacial score (nSPS) is 10.8. The summed E-state index contributed by atoms with van der Waals surface area (Å²) in [6, 6.07) is 5.94. The molecule has 3 aromatic rings. The van der Waals surface area contributed by atoms with Crippen molar-refractivity contribution in [3.63, 3.8) is 0 Å². The summed E-state index contributed by atoms with van der Waals surface area (Å²) in [5.74, 6) is -2.12. The lowest BCUT2D eigenvalue weighted by molar-refractivity contribution is 0.0701. The lowest BCUT2D eigenvalue weighted by atomic mass is 10.0. The zero-order chi connectivity index (χ0) is 17.3. The average Bonchev–Trinajstić information content (AvgIpc) is 2.89. The molecule has 0 spiro atoms. The van der Waals surface area contributed by atoms with Crippen LogP contribution in [-0.2, 0) is 6.54 Å². The Morgan fingerprint density at radius 2 is 2.17 bits per heavy atom. The SMILES string of the molecule is Cc1c(C(=O)O)sc2cc(F)cc(C(=O)NCc3cccnc3)c12. The van der Waals surface area contributed by atoms with Gasteiger partial charge in [0.25, 0.3) is 5.91 Å². The Labute approximate surface area is 140 Å². The van der Waals surface area contributed by atoms with E-state index in [2.05, 4.69) is 10.3 Å². The molecule has 0 fully saturated rings. The molecule has 0 aliphatic heterocycles. The van der Waals surface area contributed by atoms with E-state index in [0.29, 0.717) is 15.6 Å². The standard InChI is InChI=1S/C17H13FN2O3S/c1-9-14-12(16(21)20-8-10-3-2-4-19-7-10)5-11(18)6-13(14)24-15(9)17(22)23/h2-7H,8H2,1H3,(H,20,21)(H,22,23). The van der Waals surface area contributed by atoms with Gasteiger partial charge in [-0.2, -0.15) is 0 Å². The number of fused-ring (bicyclic) bond motifs is 1. The van der Waals surface area contributed by atoms with Gasteiger partial charge in [0, 0.05) is 29.0 Å². The van der Waals surface area contributed by atoms with Gasteiger partial charge >= 0.3 is 5.97 Å². The number of nitrogens with one attached hydrogen (secondary N) is 1. The molecule has 1 amide bonds. The van der Waals surface area contributed by atoms with Crippen LogP contribution < -0.4 is 5.32 Å². The Bertz CT molecular complexity index is 938. The highest BCUT2D eigenvalue weighted by molar-refractivity contribution is 7.21. The summed E-state index contributed by atoms with van der Waals surface area (Å²) in [6.07, 6.45) is 3.25. The number of carbonyl (C=O) groups excluding carboxylic acids is 1. The number of amides is 1. The van der Waals surface area contributed by atoms with Crippen LogP contribution in [0.5, 0.6) is 0 Å². The van der Waals surface area contributed by atoms with Gasteiger partial charge in [0.2, 0.25) is 0 Å². The lowest BCUT2D eigenvalue weighted by Crippen LogP contribution is -2.23. The van der Waals surface area contributed by atoms with E-state index in [9.17, 15) is 19.1 Å². The second kappa shape index (κ2) is 6.37. The monoisotopic (exact) mass is 344 g/mol. The highest BCUT2D eigenvalue weighted by Gasteiger charge is 2.21. The van der Waals surface area contributed by atoms with Crippen molar-refractivity contribution in [3.05, 3.63) is 64.0 Å². The van der Waals surface area contributed by atoms with Gasteiger partial charge < -0.3 is 10.4 Å². The number of hydrogen-bond donors (Lipinski definition) is 2. The number of benzene rings is 1. The Hall–Kier alpha value is -2.80. The lowest BCUT2D eigenvalue weighted by Gasteiger charge is -2.07. The number of rotatable bonds is 4. The van der Waals surface area contributed by atoms with Crippen molar-refractivity contribution in [3.8, 4) is 0 Å².